The van der Waals surface area contributed by atoms with E-state index in [1.54, 1.807) is 0 Å². The van der Waals surface area contributed by atoms with E-state index in [9.17, 15) is 0 Å². The highest BCUT2D eigenvalue weighted by atomic mass is 15.2. The van der Waals surface area contributed by atoms with E-state index in [0.717, 1.165) is 12.8 Å². The Hall–Kier alpha value is -0.520. The molecule has 1 aliphatic heterocycles. The lowest BCUT2D eigenvalue weighted by Crippen LogP contribution is -2.47. The van der Waals surface area contributed by atoms with Crippen LogP contribution in [-0.4, -0.2) is 36.1 Å². The van der Waals surface area contributed by atoms with E-state index in [0.29, 0.717) is 12.1 Å². The molecule has 0 amide bonds. The summed E-state index contributed by atoms with van der Waals surface area (Å²) < 4.78 is 0. The van der Waals surface area contributed by atoms with Gasteiger partial charge >= 0.3 is 0 Å². The van der Waals surface area contributed by atoms with Gasteiger partial charge in [-0.25, -0.2) is 0 Å². The average molecular weight is 222 g/mol. The zero-order valence-electron chi connectivity index (χ0n) is 11.0. The van der Waals surface area contributed by atoms with Crippen LogP contribution in [0.3, 0.4) is 0 Å². The van der Waals surface area contributed by atoms with E-state index in [4.69, 9.17) is 6.42 Å². The third kappa shape index (κ3) is 4.15. The summed E-state index contributed by atoms with van der Waals surface area (Å²) in [4.78, 5) is 2.54. The van der Waals surface area contributed by atoms with Gasteiger partial charge in [-0.05, 0) is 46.2 Å². The minimum absolute atomic E-state index is 0.278. The Morgan fingerprint density at radius 3 is 2.44 bits per heavy atom. The second-order valence-corrected chi connectivity index (χ2v) is 5.08. The first kappa shape index (κ1) is 13.5. The first-order chi connectivity index (χ1) is 7.67. The van der Waals surface area contributed by atoms with Gasteiger partial charge in [-0.2, -0.15) is 0 Å². The van der Waals surface area contributed by atoms with Crippen molar-refractivity contribution in [1.29, 1.82) is 0 Å². The molecule has 16 heavy (non-hydrogen) atoms. The molecule has 1 saturated heterocycles. The lowest BCUT2D eigenvalue weighted by molar-refractivity contribution is 0.158. The Labute approximate surface area is 101 Å². The Balaban J connectivity index is 2.28. The molecule has 2 heteroatoms. The molecule has 2 nitrogen and oxygen atoms in total. The smallest absolute Gasteiger partial charge is 0.0688 e. The van der Waals surface area contributed by atoms with Crippen molar-refractivity contribution in [3.8, 4) is 12.3 Å². The van der Waals surface area contributed by atoms with E-state index >= 15 is 0 Å². The van der Waals surface area contributed by atoms with Crippen molar-refractivity contribution in [2.75, 3.05) is 13.1 Å². The first-order valence-corrected chi connectivity index (χ1v) is 6.63. The third-order valence-corrected chi connectivity index (χ3v) is 3.48. The zero-order valence-corrected chi connectivity index (χ0v) is 11.0. The second kappa shape index (κ2) is 6.93. The number of piperidine rings is 1. The molecule has 1 fully saturated rings. The maximum absolute atomic E-state index is 5.53. The van der Waals surface area contributed by atoms with Crippen LogP contribution >= 0.6 is 0 Å². The SMILES string of the molecule is C#CC(CCC)NC1CCN(C(C)C)CC1. The largest absolute Gasteiger partial charge is 0.301 e. The summed E-state index contributed by atoms with van der Waals surface area (Å²) in [6.45, 7) is 9.15. The van der Waals surface area contributed by atoms with E-state index < -0.39 is 0 Å². The van der Waals surface area contributed by atoms with Gasteiger partial charge < -0.3 is 10.2 Å². The number of nitrogens with one attached hydrogen (secondary N) is 1. The van der Waals surface area contributed by atoms with Crippen molar-refractivity contribution in [2.45, 2.75) is 64.6 Å². The fourth-order valence-electron chi connectivity index (χ4n) is 2.37. The van der Waals surface area contributed by atoms with Crippen LogP contribution in [0.25, 0.3) is 0 Å². The molecule has 1 heterocycles. The molecule has 1 rings (SSSR count). The van der Waals surface area contributed by atoms with Gasteiger partial charge in [0.2, 0.25) is 0 Å². The maximum atomic E-state index is 5.53. The van der Waals surface area contributed by atoms with Crippen LogP contribution in [0.2, 0.25) is 0 Å². The first-order valence-electron chi connectivity index (χ1n) is 6.63. The van der Waals surface area contributed by atoms with E-state index in [1.165, 1.54) is 25.9 Å². The molecule has 0 aromatic rings. The van der Waals surface area contributed by atoms with Crippen molar-refractivity contribution in [3.63, 3.8) is 0 Å². The summed E-state index contributed by atoms with van der Waals surface area (Å²) in [5, 5.41) is 3.60. The highest BCUT2D eigenvalue weighted by Gasteiger charge is 2.21. The van der Waals surface area contributed by atoms with Gasteiger partial charge in [0.1, 0.15) is 0 Å². The second-order valence-electron chi connectivity index (χ2n) is 5.08. The Bertz CT molecular complexity index is 221. The van der Waals surface area contributed by atoms with Gasteiger partial charge in [0.25, 0.3) is 0 Å². The van der Waals surface area contributed by atoms with E-state index in [2.05, 4.69) is 36.9 Å². The summed E-state index contributed by atoms with van der Waals surface area (Å²) in [6.07, 6.45) is 10.3. The number of hydrogen-bond acceptors (Lipinski definition) is 2. The van der Waals surface area contributed by atoms with Gasteiger partial charge in [-0.3, -0.25) is 0 Å². The van der Waals surface area contributed by atoms with Crippen molar-refractivity contribution >= 4 is 0 Å². The lowest BCUT2D eigenvalue weighted by Gasteiger charge is -2.35. The lowest BCUT2D eigenvalue weighted by atomic mass is 10.0. The predicted molar refractivity (Wildman–Crippen MR) is 70.4 cm³/mol. The molecular weight excluding hydrogens is 196 g/mol. The molecule has 1 atom stereocenters. The van der Waals surface area contributed by atoms with Gasteiger partial charge in [0, 0.05) is 12.1 Å². The van der Waals surface area contributed by atoms with Crippen LogP contribution in [0, 0.1) is 12.3 Å². The van der Waals surface area contributed by atoms with Crippen LogP contribution in [0.1, 0.15) is 46.5 Å². The quantitative estimate of drug-likeness (QED) is 0.718. The van der Waals surface area contributed by atoms with Gasteiger partial charge in [0.05, 0.1) is 6.04 Å². The number of hydrogen-bond donors (Lipinski definition) is 1. The molecule has 0 bridgehead atoms. The molecular formula is C14H26N2. The molecule has 0 saturated carbocycles. The molecule has 1 unspecified atom stereocenters. The van der Waals surface area contributed by atoms with E-state index in [-0.39, 0.29) is 6.04 Å². The number of terminal acetylenes is 1. The zero-order chi connectivity index (χ0) is 12.0. The van der Waals surface area contributed by atoms with Crippen molar-refractivity contribution in [3.05, 3.63) is 0 Å². The highest BCUT2D eigenvalue weighted by Crippen LogP contribution is 2.14. The maximum Gasteiger partial charge on any atom is 0.0688 e. The molecule has 1 N–H and O–H groups in total. The summed E-state index contributed by atoms with van der Waals surface area (Å²) in [5.74, 6) is 2.86. The Morgan fingerprint density at radius 1 is 1.38 bits per heavy atom. The number of rotatable bonds is 5. The van der Waals surface area contributed by atoms with Crippen LogP contribution in [0.4, 0.5) is 0 Å². The molecule has 1 aliphatic rings. The molecule has 0 radical (unpaired) electrons. The fraction of sp³-hybridized carbons (Fsp3) is 0.857. The van der Waals surface area contributed by atoms with Crippen LogP contribution in [0.15, 0.2) is 0 Å². The minimum Gasteiger partial charge on any atom is -0.301 e. The standard InChI is InChI=1S/C14H26N2/c1-5-7-13(6-2)15-14-8-10-16(11-9-14)12(3)4/h2,12-15H,5,7-11H2,1,3-4H3. The van der Waals surface area contributed by atoms with Crippen molar-refractivity contribution < 1.29 is 0 Å². The molecule has 0 spiro atoms. The summed E-state index contributed by atoms with van der Waals surface area (Å²) in [5.41, 5.74) is 0. The fourth-order valence-corrected chi connectivity index (χ4v) is 2.37. The Kier molecular flexibility index (Phi) is 5.87. The minimum atomic E-state index is 0.278. The van der Waals surface area contributed by atoms with Gasteiger partial charge in [-0.1, -0.05) is 19.3 Å². The number of likely N-dealkylation sites (tertiary alicyclic amines) is 1. The summed E-state index contributed by atoms with van der Waals surface area (Å²) >= 11 is 0. The Morgan fingerprint density at radius 2 is 2.00 bits per heavy atom. The third-order valence-electron chi connectivity index (χ3n) is 3.48. The number of nitrogens with zero attached hydrogens (tertiary/aromatic N) is 1. The molecule has 92 valence electrons. The average Bonchev–Trinajstić information content (AvgIpc) is 2.29. The summed E-state index contributed by atoms with van der Waals surface area (Å²) in [7, 11) is 0. The molecule has 0 aromatic carbocycles. The monoisotopic (exact) mass is 222 g/mol. The van der Waals surface area contributed by atoms with Crippen molar-refractivity contribution in [2.24, 2.45) is 0 Å². The molecule has 0 aromatic heterocycles. The predicted octanol–water partition coefficient (Wildman–Crippen LogP) is 2.25. The summed E-state index contributed by atoms with van der Waals surface area (Å²) in [6, 6.07) is 1.59. The van der Waals surface area contributed by atoms with Crippen molar-refractivity contribution in [1.82, 2.24) is 10.2 Å². The topological polar surface area (TPSA) is 15.3 Å². The van der Waals surface area contributed by atoms with Gasteiger partial charge in [0.15, 0.2) is 0 Å². The van der Waals surface area contributed by atoms with Crippen LogP contribution in [-0.2, 0) is 0 Å². The highest BCUT2D eigenvalue weighted by molar-refractivity contribution is 5.00. The van der Waals surface area contributed by atoms with Crippen LogP contribution < -0.4 is 5.32 Å². The van der Waals surface area contributed by atoms with Gasteiger partial charge in [-0.15, -0.1) is 6.42 Å². The molecule has 0 aliphatic carbocycles. The van der Waals surface area contributed by atoms with Crippen LogP contribution in [0.5, 0.6) is 0 Å². The normalized spacial score (nSPS) is 20.9. The van der Waals surface area contributed by atoms with E-state index in [1.807, 2.05) is 0 Å².